The Morgan fingerprint density at radius 3 is 2.50 bits per heavy atom. The van der Waals surface area contributed by atoms with Crippen LogP contribution in [0, 0.1) is 0 Å². The van der Waals surface area contributed by atoms with Gasteiger partial charge in [0.25, 0.3) is 5.91 Å². The lowest BCUT2D eigenvalue weighted by Gasteiger charge is -2.06. The summed E-state index contributed by atoms with van der Waals surface area (Å²) in [4.78, 5) is 19.6. The van der Waals surface area contributed by atoms with Crippen LogP contribution in [0.4, 0.5) is 5.82 Å². The average molecular weight is 311 g/mol. The maximum atomic E-state index is 12.0. The molecular weight excluding hydrogens is 299 g/mol. The molecule has 0 saturated heterocycles. The fraction of sp³-hybridized carbons (Fsp3) is 0.154. The fourth-order valence-corrected chi connectivity index (χ4v) is 2.04. The van der Waals surface area contributed by atoms with E-state index in [4.69, 9.17) is 28.9 Å². The number of anilines is 1. The number of nitrogens with one attached hydrogen (secondary N) is 1. The predicted molar refractivity (Wildman–Crippen MR) is 79.2 cm³/mol. The van der Waals surface area contributed by atoms with Gasteiger partial charge in [-0.1, -0.05) is 23.7 Å². The number of halogens is 2. The van der Waals surface area contributed by atoms with Crippen LogP contribution >= 0.6 is 23.2 Å². The van der Waals surface area contributed by atoms with Crippen LogP contribution in [-0.2, 0) is 6.42 Å². The van der Waals surface area contributed by atoms with E-state index in [1.807, 2.05) is 12.1 Å². The summed E-state index contributed by atoms with van der Waals surface area (Å²) in [5.41, 5.74) is 7.06. The van der Waals surface area contributed by atoms with Gasteiger partial charge >= 0.3 is 0 Å². The standard InChI is InChI=1S/C13H12Cl2N4O/c14-10-7-11(19-13(15)17-10)18-12(20)9-3-1-8(2-4-9)5-6-16/h1-4,7H,5-6,16H2,(H,17,18,19,20). The second kappa shape index (κ2) is 6.65. The molecular formula is C13H12Cl2N4O. The van der Waals surface area contributed by atoms with Crippen LogP contribution < -0.4 is 11.1 Å². The predicted octanol–water partition coefficient (Wildman–Crippen LogP) is 2.54. The van der Waals surface area contributed by atoms with E-state index < -0.39 is 0 Å². The molecule has 1 heterocycles. The molecule has 3 N–H and O–H groups in total. The second-order valence-electron chi connectivity index (χ2n) is 4.03. The minimum absolute atomic E-state index is 0.0221. The molecule has 0 unspecified atom stereocenters. The van der Waals surface area contributed by atoms with E-state index in [0.29, 0.717) is 12.1 Å². The Kier molecular flexibility index (Phi) is 4.89. The molecule has 5 nitrogen and oxygen atoms in total. The highest BCUT2D eigenvalue weighted by Crippen LogP contribution is 2.15. The van der Waals surface area contributed by atoms with Crippen molar-refractivity contribution in [2.75, 3.05) is 11.9 Å². The zero-order chi connectivity index (χ0) is 14.5. The van der Waals surface area contributed by atoms with Gasteiger partial charge in [0.2, 0.25) is 5.28 Å². The van der Waals surface area contributed by atoms with Crippen LogP contribution in [0.15, 0.2) is 30.3 Å². The van der Waals surface area contributed by atoms with Crippen LogP contribution in [0.1, 0.15) is 15.9 Å². The van der Waals surface area contributed by atoms with Crippen molar-refractivity contribution in [3.05, 3.63) is 51.9 Å². The highest BCUT2D eigenvalue weighted by molar-refractivity contribution is 6.32. The van der Waals surface area contributed by atoms with Gasteiger partial charge in [-0.2, -0.15) is 0 Å². The number of amides is 1. The summed E-state index contributed by atoms with van der Waals surface area (Å²) in [5, 5.41) is 2.75. The normalized spacial score (nSPS) is 10.3. The number of nitrogens with two attached hydrogens (primary N) is 1. The third kappa shape index (κ3) is 3.90. The molecule has 0 aliphatic rings. The molecule has 0 saturated carbocycles. The molecule has 1 amide bonds. The van der Waals surface area contributed by atoms with E-state index in [2.05, 4.69) is 15.3 Å². The second-order valence-corrected chi connectivity index (χ2v) is 4.76. The molecule has 0 bridgehead atoms. The Bertz CT molecular complexity index is 596. The maximum Gasteiger partial charge on any atom is 0.256 e. The Morgan fingerprint density at radius 2 is 1.90 bits per heavy atom. The number of benzene rings is 1. The Balaban J connectivity index is 2.11. The van der Waals surface area contributed by atoms with E-state index in [1.54, 1.807) is 12.1 Å². The summed E-state index contributed by atoms with van der Waals surface area (Å²) >= 11 is 11.4. The van der Waals surface area contributed by atoms with Gasteiger partial charge in [-0.25, -0.2) is 9.97 Å². The first kappa shape index (κ1) is 14.7. The molecule has 0 fully saturated rings. The monoisotopic (exact) mass is 310 g/mol. The summed E-state index contributed by atoms with van der Waals surface area (Å²) < 4.78 is 0. The van der Waals surface area contributed by atoms with Crippen molar-refractivity contribution in [2.24, 2.45) is 5.73 Å². The SMILES string of the molecule is NCCc1ccc(C(=O)Nc2cc(Cl)nc(Cl)n2)cc1. The molecule has 1 aromatic carbocycles. The first-order valence-electron chi connectivity index (χ1n) is 5.89. The third-order valence-electron chi connectivity index (χ3n) is 2.56. The lowest BCUT2D eigenvalue weighted by atomic mass is 10.1. The van der Waals surface area contributed by atoms with Crippen LogP contribution in [0.2, 0.25) is 10.4 Å². The van der Waals surface area contributed by atoms with E-state index in [9.17, 15) is 4.79 Å². The van der Waals surface area contributed by atoms with E-state index >= 15 is 0 Å². The van der Waals surface area contributed by atoms with Crippen molar-refractivity contribution in [1.29, 1.82) is 0 Å². The van der Waals surface area contributed by atoms with Crippen LogP contribution in [0.25, 0.3) is 0 Å². The molecule has 0 aliphatic heterocycles. The van der Waals surface area contributed by atoms with Gasteiger partial charge in [-0.3, -0.25) is 4.79 Å². The first-order valence-corrected chi connectivity index (χ1v) is 6.64. The highest BCUT2D eigenvalue weighted by Gasteiger charge is 2.08. The zero-order valence-corrected chi connectivity index (χ0v) is 11.9. The lowest BCUT2D eigenvalue weighted by Crippen LogP contribution is -2.13. The average Bonchev–Trinajstić information content (AvgIpc) is 2.38. The van der Waals surface area contributed by atoms with Crippen LogP contribution in [0.5, 0.6) is 0 Å². The first-order chi connectivity index (χ1) is 9.58. The summed E-state index contributed by atoms with van der Waals surface area (Å²) in [6.45, 7) is 0.573. The van der Waals surface area contributed by atoms with E-state index in [-0.39, 0.29) is 22.2 Å². The van der Waals surface area contributed by atoms with Gasteiger partial charge in [0.05, 0.1) is 0 Å². The van der Waals surface area contributed by atoms with Gasteiger partial charge in [0.1, 0.15) is 11.0 Å². The Morgan fingerprint density at radius 1 is 1.20 bits per heavy atom. The number of hydrogen-bond acceptors (Lipinski definition) is 4. The van der Waals surface area contributed by atoms with E-state index in [0.717, 1.165) is 12.0 Å². The highest BCUT2D eigenvalue weighted by atomic mass is 35.5. The number of aromatic nitrogens is 2. The van der Waals surface area contributed by atoms with Crippen molar-refractivity contribution >= 4 is 34.9 Å². The van der Waals surface area contributed by atoms with E-state index in [1.165, 1.54) is 6.07 Å². The zero-order valence-electron chi connectivity index (χ0n) is 10.4. The van der Waals surface area contributed by atoms with Crippen LogP contribution in [-0.4, -0.2) is 22.4 Å². The minimum atomic E-state index is -0.296. The van der Waals surface area contributed by atoms with Crippen molar-refractivity contribution in [3.8, 4) is 0 Å². The summed E-state index contributed by atoms with van der Waals surface area (Å²) in [7, 11) is 0. The van der Waals surface area contributed by atoms with Crippen molar-refractivity contribution in [2.45, 2.75) is 6.42 Å². The molecule has 7 heteroatoms. The third-order valence-corrected chi connectivity index (χ3v) is 2.92. The number of carbonyl (C=O) groups excluding carboxylic acids is 1. The number of carbonyl (C=O) groups is 1. The Labute approximate surface area is 126 Å². The molecule has 2 rings (SSSR count). The number of nitrogens with zero attached hydrogens (tertiary/aromatic N) is 2. The molecule has 20 heavy (non-hydrogen) atoms. The molecule has 0 atom stereocenters. The largest absolute Gasteiger partial charge is 0.330 e. The fourth-order valence-electron chi connectivity index (χ4n) is 1.63. The molecule has 0 aliphatic carbocycles. The smallest absolute Gasteiger partial charge is 0.256 e. The summed E-state index contributed by atoms with van der Waals surface area (Å²) in [6.07, 6.45) is 0.777. The summed E-state index contributed by atoms with van der Waals surface area (Å²) in [6, 6.07) is 8.60. The molecule has 104 valence electrons. The van der Waals surface area contributed by atoms with Gasteiger partial charge in [-0.05, 0) is 42.3 Å². The van der Waals surface area contributed by atoms with Crippen molar-refractivity contribution in [3.63, 3.8) is 0 Å². The minimum Gasteiger partial charge on any atom is -0.330 e. The molecule has 2 aromatic rings. The quantitative estimate of drug-likeness (QED) is 0.671. The maximum absolute atomic E-state index is 12.0. The van der Waals surface area contributed by atoms with Gasteiger partial charge in [0.15, 0.2) is 0 Å². The van der Waals surface area contributed by atoms with Crippen LogP contribution in [0.3, 0.4) is 0 Å². The van der Waals surface area contributed by atoms with Gasteiger partial charge in [0, 0.05) is 11.6 Å². The van der Waals surface area contributed by atoms with Gasteiger partial charge < -0.3 is 11.1 Å². The lowest BCUT2D eigenvalue weighted by molar-refractivity contribution is 0.102. The molecule has 0 radical (unpaired) electrons. The van der Waals surface area contributed by atoms with Gasteiger partial charge in [-0.15, -0.1) is 0 Å². The number of rotatable bonds is 4. The molecule has 1 aromatic heterocycles. The van der Waals surface area contributed by atoms with Crippen molar-refractivity contribution in [1.82, 2.24) is 9.97 Å². The number of hydrogen-bond donors (Lipinski definition) is 2. The summed E-state index contributed by atoms with van der Waals surface area (Å²) in [5.74, 6) is -0.0406. The van der Waals surface area contributed by atoms with Crippen molar-refractivity contribution < 1.29 is 4.79 Å². The molecule has 0 spiro atoms. The Hall–Kier alpha value is -1.69. The topological polar surface area (TPSA) is 80.9 Å².